The summed E-state index contributed by atoms with van der Waals surface area (Å²) >= 11 is 0. The van der Waals surface area contributed by atoms with E-state index in [9.17, 15) is 5.11 Å². The number of nitrogens with two attached hydrogens (primary N) is 1. The average molecular weight is 214 g/mol. The molecule has 0 radical (unpaired) electrons. The van der Waals surface area contributed by atoms with Crippen LogP contribution in [0, 0.1) is 0 Å². The van der Waals surface area contributed by atoms with Gasteiger partial charge in [0.1, 0.15) is 17.1 Å². The molecule has 16 heavy (non-hydrogen) atoms. The van der Waals surface area contributed by atoms with Crippen molar-refractivity contribution in [3.05, 3.63) is 24.4 Å². The molecule has 0 unspecified atom stereocenters. The van der Waals surface area contributed by atoms with Crippen LogP contribution in [-0.2, 0) is 7.05 Å². The predicted molar refractivity (Wildman–Crippen MR) is 62.1 cm³/mol. The molecule has 0 bridgehead atoms. The third kappa shape index (κ3) is 1.05. The number of benzene rings is 1. The first-order valence-electron chi connectivity index (χ1n) is 4.87. The van der Waals surface area contributed by atoms with E-state index in [1.165, 1.54) is 0 Å². The first kappa shape index (κ1) is 8.96. The van der Waals surface area contributed by atoms with E-state index in [4.69, 9.17) is 5.73 Å². The zero-order valence-electron chi connectivity index (χ0n) is 8.68. The lowest BCUT2D eigenvalue weighted by Crippen LogP contribution is -1.97. The Kier molecular flexibility index (Phi) is 1.60. The van der Waals surface area contributed by atoms with Crippen LogP contribution in [0.15, 0.2) is 24.4 Å². The third-order valence-corrected chi connectivity index (χ3v) is 2.69. The number of nitrogen functional groups attached to an aromatic ring is 1. The molecule has 2 aromatic heterocycles. The Morgan fingerprint density at radius 1 is 1.31 bits per heavy atom. The van der Waals surface area contributed by atoms with E-state index in [0.717, 1.165) is 16.3 Å². The molecule has 3 aromatic rings. The molecule has 0 aliphatic rings. The van der Waals surface area contributed by atoms with Gasteiger partial charge in [0.05, 0.1) is 11.7 Å². The average Bonchev–Trinajstić information content (AvgIpc) is 2.61. The summed E-state index contributed by atoms with van der Waals surface area (Å²) in [6, 6.07) is 5.05. The molecule has 0 saturated heterocycles. The second-order valence-electron chi connectivity index (χ2n) is 3.73. The Hall–Kier alpha value is -2.30. The number of rotatable bonds is 0. The lowest BCUT2D eigenvalue weighted by molar-refractivity contribution is 0.476. The van der Waals surface area contributed by atoms with Crippen molar-refractivity contribution in [2.24, 2.45) is 7.05 Å². The van der Waals surface area contributed by atoms with Crippen LogP contribution in [0.25, 0.3) is 21.8 Å². The van der Waals surface area contributed by atoms with E-state index in [0.29, 0.717) is 11.3 Å². The Labute approximate surface area is 91.1 Å². The SMILES string of the molecule is Cn1ncc2c3ccc(O)cc3nc(N)c21. The number of fused-ring (bicyclic) bond motifs is 3. The van der Waals surface area contributed by atoms with Gasteiger partial charge in [0.2, 0.25) is 0 Å². The standard InChI is InChI=1S/C11H10N4O/c1-15-10-8(5-13-15)7-3-2-6(16)4-9(7)14-11(10)12/h2-5,16H,1H3,(H2,12,14). The van der Waals surface area contributed by atoms with Gasteiger partial charge < -0.3 is 10.8 Å². The lowest BCUT2D eigenvalue weighted by atomic mass is 10.1. The monoisotopic (exact) mass is 214 g/mol. The van der Waals surface area contributed by atoms with E-state index >= 15 is 0 Å². The maximum Gasteiger partial charge on any atom is 0.150 e. The molecule has 0 saturated carbocycles. The molecular formula is C11H10N4O. The number of aromatic hydroxyl groups is 1. The normalized spacial score (nSPS) is 11.3. The topological polar surface area (TPSA) is 77.0 Å². The first-order valence-corrected chi connectivity index (χ1v) is 4.87. The maximum atomic E-state index is 9.40. The van der Waals surface area contributed by atoms with Gasteiger partial charge in [-0.3, -0.25) is 4.68 Å². The van der Waals surface area contributed by atoms with Gasteiger partial charge in [-0.05, 0) is 12.1 Å². The second-order valence-corrected chi connectivity index (χ2v) is 3.73. The molecule has 0 aliphatic heterocycles. The molecule has 0 spiro atoms. The molecule has 0 amide bonds. The number of hydrogen-bond acceptors (Lipinski definition) is 4. The van der Waals surface area contributed by atoms with E-state index in [1.54, 1.807) is 23.0 Å². The summed E-state index contributed by atoms with van der Waals surface area (Å²) in [7, 11) is 1.83. The van der Waals surface area contributed by atoms with E-state index in [2.05, 4.69) is 10.1 Å². The molecule has 5 heteroatoms. The zero-order valence-corrected chi connectivity index (χ0v) is 8.68. The highest BCUT2D eigenvalue weighted by atomic mass is 16.3. The summed E-state index contributed by atoms with van der Waals surface area (Å²) in [5, 5.41) is 15.4. The third-order valence-electron chi connectivity index (χ3n) is 2.69. The van der Waals surface area contributed by atoms with Crippen molar-refractivity contribution in [2.45, 2.75) is 0 Å². The fourth-order valence-corrected chi connectivity index (χ4v) is 1.96. The summed E-state index contributed by atoms with van der Waals surface area (Å²) in [5.41, 5.74) is 7.36. The first-order chi connectivity index (χ1) is 7.66. The van der Waals surface area contributed by atoms with Crippen LogP contribution < -0.4 is 5.73 Å². The molecule has 0 fully saturated rings. The molecule has 3 N–H and O–H groups in total. The van der Waals surface area contributed by atoms with Gasteiger partial charge >= 0.3 is 0 Å². The van der Waals surface area contributed by atoms with E-state index in [1.807, 2.05) is 13.1 Å². The molecule has 0 atom stereocenters. The highest BCUT2D eigenvalue weighted by Crippen LogP contribution is 2.28. The summed E-state index contributed by atoms with van der Waals surface area (Å²) < 4.78 is 1.70. The van der Waals surface area contributed by atoms with Crippen LogP contribution in [0.2, 0.25) is 0 Å². The highest BCUT2D eigenvalue weighted by molar-refractivity contribution is 6.08. The lowest BCUT2D eigenvalue weighted by Gasteiger charge is -2.03. The molecule has 80 valence electrons. The van der Waals surface area contributed by atoms with E-state index < -0.39 is 0 Å². The summed E-state index contributed by atoms with van der Waals surface area (Å²) in [6.45, 7) is 0. The van der Waals surface area contributed by atoms with Gasteiger partial charge in [0, 0.05) is 23.9 Å². The van der Waals surface area contributed by atoms with Gasteiger partial charge in [-0.15, -0.1) is 0 Å². The van der Waals surface area contributed by atoms with Gasteiger partial charge in [0.15, 0.2) is 0 Å². The minimum Gasteiger partial charge on any atom is -0.508 e. The van der Waals surface area contributed by atoms with Crippen molar-refractivity contribution in [1.29, 1.82) is 0 Å². The van der Waals surface area contributed by atoms with Crippen molar-refractivity contribution >= 4 is 27.6 Å². The molecule has 0 aliphatic carbocycles. The number of anilines is 1. The van der Waals surface area contributed by atoms with Gasteiger partial charge in [-0.2, -0.15) is 5.10 Å². The van der Waals surface area contributed by atoms with Crippen molar-refractivity contribution in [3.63, 3.8) is 0 Å². The highest BCUT2D eigenvalue weighted by Gasteiger charge is 2.10. The van der Waals surface area contributed by atoms with Crippen LogP contribution in [0.3, 0.4) is 0 Å². The number of phenols is 1. The second kappa shape index (κ2) is 2.85. The van der Waals surface area contributed by atoms with Crippen LogP contribution in [0.5, 0.6) is 5.75 Å². The predicted octanol–water partition coefficient (Wildman–Crippen LogP) is 1.41. The maximum absolute atomic E-state index is 9.40. The smallest absolute Gasteiger partial charge is 0.150 e. The molecular weight excluding hydrogens is 204 g/mol. The van der Waals surface area contributed by atoms with Crippen LogP contribution in [0.4, 0.5) is 5.82 Å². The molecule has 3 rings (SSSR count). The Morgan fingerprint density at radius 3 is 2.94 bits per heavy atom. The minimum absolute atomic E-state index is 0.183. The zero-order chi connectivity index (χ0) is 11.3. The number of nitrogens with zero attached hydrogens (tertiary/aromatic N) is 3. The number of hydrogen-bond donors (Lipinski definition) is 2. The van der Waals surface area contributed by atoms with Gasteiger partial charge in [-0.25, -0.2) is 4.98 Å². The number of aromatic nitrogens is 3. The van der Waals surface area contributed by atoms with Crippen LogP contribution >= 0.6 is 0 Å². The van der Waals surface area contributed by atoms with Crippen molar-refractivity contribution in [1.82, 2.24) is 14.8 Å². The summed E-state index contributed by atoms with van der Waals surface area (Å²) in [5.74, 6) is 0.607. The van der Waals surface area contributed by atoms with Crippen molar-refractivity contribution < 1.29 is 5.11 Å². The molecule has 5 nitrogen and oxygen atoms in total. The molecule has 1 aromatic carbocycles. The van der Waals surface area contributed by atoms with Crippen LogP contribution in [-0.4, -0.2) is 19.9 Å². The Bertz CT molecular complexity index is 702. The molecule has 2 heterocycles. The van der Waals surface area contributed by atoms with Gasteiger partial charge in [0.25, 0.3) is 0 Å². The minimum atomic E-state index is 0.183. The number of pyridine rings is 1. The Morgan fingerprint density at radius 2 is 2.12 bits per heavy atom. The fourth-order valence-electron chi connectivity index (χ4n) is 1.96. The fraction of sp³-hybridized carbons (Fsp3) is 0.0909. The van der Waals surface area contributed by atoms with Gasteiger partial charge in [-0.1, -0.05) is 0 Å². The Balaban J connectivity index is 2.59. The van der Waals surface area contributed by atoms with Crippen LogP contribution in [0.1, 0.15) is 0 Å². The quantitative estimate of drug-likeness (QED) is 0.593. The number of phenolic OH excluding ortho intramolecular Hbond substituents is 1. The van der Waals surface area contributed by atoms with Crippen molar-refractivity contribution in [3.8, 4) is 5.75 Å². The van der Waals surface area contributed by atoms with Crippen molar-refractivity contribution in [2.75, 3.05) is 5.73 Å². The largest absolute Gasteiger partial charge is 0.508 e. The summed E-state index contributed by atoms with van der Waals surface area (Å²) in [4.78, 5) is 4.25. The number of aryl methyl sites for hydroxylation is 1. The summed E-state index contributed by atoms with van der Waals surface area (Å²) in [6.07, 6.45) is 1.76. The van der Waals surface area contributed by atoms with E-state index in [-0.39, 0.29) is 5.75 Å².